The Hall–Kier alpha value is -1.71. The molecular weight excluding hydrogens is 312 g/mol. The second-order valence-electron chi connectivity index (χ2n) is 6.24. The van der Waals surface area contributed by atoms with E-state index in [9.17, 15) is 4.79 Å². The van der Waals surface area contributed by atoms with E-state index in [4.69, 9.17) is 4.43 Å². The molecule has 2 nitrogen and oxygen atoms in total. The monoisotopic (exact) mass is 340 g/mol. The van der Waals surface area contributed by atoms with Crippen molar-refractivity contribution in [2.75, 3.05) is 0 Å². The minimum Gasteiger partial charge on any atom is -0.398 e. The molecule has 2 rings (SSSR count). The maximum atomic E-state index is 11.6. The number of aldehydes is 1. The van der Waals surface area contributed by atoms with Gasteiger partial charge in [0.25, 0.3) is 8.32 Å². The van der Waals surface area contributed by atoms with Gasteiger partial charge in [-0.3, -0.25) is 0 Å². The van der Waals surface area contributed by atoms with Crippen molar-refractivity contribution in [1.82, 2.24) is 0 Å². The lowest BCUT2D eigenvalue weighted by molar-refractivity contribution is -0.114. The van der Waals surface area contributed by atoms with Crippen molar-refractivity contribution >= 4 is 25.0 Å². The third-order valence-electron chi connectivity index (χ3n) is 4.44. The highest BCUT2D eigenvalue weighted by molar-refractivity contribution is 6.97. The molecule has 0 aliphatic rings. The molecule has 0 amide bonds. The first kappa shape index (κ1) is 18.6. The van der Waals surface area contributed by atoms with Crippen LogP contribution in [0.4, 0.5) is 0 Å². The summed E-state index contributed by atoms with van der Waals surface area (Å²) >= 11 is 0. The highest BCUT2D eigenvalue weighted by Crippen LogP contribution is 2.20. The van der Waals surface area contributed by atoms with Crippen molar-refractivity contribution in [3.8, 4) is 0 Å². The molecule has 24 heavy (non-hydrogen) atoms. The Balaban J connectivity index is 2.53. The Morgan fingerprint density at radius 2 is 1.46 bits per heavy atom. The molecule has 2 aromatic rings. The molecule has 0 radical (unpaired) electrons. The second-order valence-corrected chi connectivity index (χ2v) is 9.79. The number of hydrogen-bond donors (Lipinski definition) is 0. The standard InChI is InChI=1S/C21H28O2Si/c1-3-5-17-24(20-13-8-6-9-14-20,21-15-10-7-11-16-21)23-19(18-22)12-4-2/h6-11,13-16,18-19H,3-5,12,17H2,1-2H3. The van der Waals surface area contributed by atoms with Crippen LogP contribution < -0.4 is 10.4 Å². The zero-order valence-electron chi connectivity index (χ0n) is 14.8. The molecule has 0 heterocycles. The summed E-state index contributed by atoms with van der Waals surface area (Å²) < 4.78 is 6.67. The molecule has 0 N–H and O–H groups in total. The zero-order chi connectivity index (χ0) is 17.3. The molecule has 0 aliphatic carbocycles. The smallest absolute Gasteiger partial charge is 0.256 e. The fourth-order valence-electron chi connectivity index (χ4n) is 3.19. The van der Waals surface area contributed by atoms with Crippen molar-refractivity contribution in [2.24, 2.45) is 0 Å². The number of benzene rings is 2. The predicted octanol–water partition coefficient (Wildman–Crippen LogP) is 3.93. The third-order valence-corrected chi connectivity index (χ3v) is 8.73. The largest absolute Gasteiger partial charge is 0.398 e. The zero-order valence-corrected chi connectivity index (χ0v) is 15.8. The highest BCUT2D eigenvalue weighted by atomic mass is 28.4. The van der Waals surface area contributed by atoms with E-state index in [1.54, 1.807) is 0 Å². The van der Waals surface area contributed by atoms with E-state index < -0.39 is 8.32 Å². The van der Waals surface area contributed by atoms with Crippen molar-refractivity contribution in [1.29, 1.82) is 0 Å². The van der Waals surface area contributed by atoms with Crippen LogP contribution in [-0.2, 0) is 9.22 Å². The number of carbonyl (C=O) groups is 1. The Kier molecular flexibility index (Phi) is 7.41. The van der Waals surface area contributed by atoms with Crippen LogP contribution >= 0.6 is 0 Å². The second kappa shape index (κ2) is 9.55. The molecule has 0 spiro atoms. The van der Waals surface area contributed by atoms with Crippen LogP contribution in [0.2, 0.25) is 6.04 Å². The Labute approximate surface area is 147 Å². The average molecular weight is 341 g/mol. The molecule has 2 aromatic carbocycles. The molecule has 0 aliphatic heterocycles. The van der Waals surface area contributed by atoms with Crippen molar-refractivity contribution in [3.63, 3.8) is 0 Å². The van der Waals surface area contributed by atoms with Crippen LogP contribution in [0.5, 0.6) is 0 Å². The fraction of sp³-hybridized carbons (Fsp3) is 0.381. The Morgan fingerprint density at radius 3 is 1.88 bits per heavy atom. The van der Waals surface area contributed by atoms with Gasteiger partial charge in [-0.1, -0.05) is 93.8 Å². The van der Waals surface area contributed by atoms with Crippen LogP contribution in [0.25, 0.3) is 0 Å². The van der Waals surface area contributed by atoms with Crippen LogP contribution in [0.3, 0.4) is 0 Å². The summed E-state index contributed by atoms with van der Waals surface area (Å²) in [6.07, 6.45) is 4.63. The molecule has 0 fully saturated rings. The maximum Gasteiger partial charge on any atom is 0.256 e. The van der Waals surface area contributed by atoms with Crippen LogP contribution in [-0.4, -0.2) is 20.7 Å². The predicted molar refractivity (Wildman–Crippen MR) is 103 cm³/mol. The van der Waals surface area contributed by atoms with E-state index in [1.165, 1.54) is 10.4 Å². The molecule has 1 atom stereocenters. The van der Waals surface area contributed by atoms with Crippen LogP contribution in [0.15, 0.2) is 60.7 Å². The fourth-order valence-corrected chi connectivity index (χ4v) is 7.49. The van der Waals surface area contributed by atoms with Crippen LogP contribution in [0, 0.1) is 0 Å². The molecule has 3 heteroatoms. The summed E-state index contributed by atoms with van der Waals surface area (Å²) in [6, 6.07) is 22.1. The quantitative estimate of drug-likeness (QED) is 0.484. The minimum atomic E-state index is -2.42. The topological polar surface area (TPSA) is 26.3 Å². The number of rotatable bonds is 10. The van der Waals surface area contributed by atoms with Gasteiger partial charge in [0.1, 0.15) is 12.4 Å². The van der Waals surface area contributed by atoms with Gasteiger partial charge in [-0.15, -0.1) is 0 Å². The number of carbonyl (C=O) groups excluding carboxylic acids is 1. The molecule has 0 saturated carbocycles. The molecule has 0 bridgehead atoms. The van der Waals surface area contributed by atoms with Gasteiger partial charge in [0, 0.05) is 0 Å². The van der Waals surface area contributed by atoms with E-state index in [-0.39, 0.29) is 6.10 Å². The lowest BCUT2D eigenvalue weighted by Crippen LogP contribution is -2.62. The van der Waals surface area contributed by atoms with Gasteiger partial charge in [0.15, 0.2) is 0 Å². The number of unbranched alkanes of at least 4 members (excludes halogenated alkanes) is 1. The normalized spacial score (nSPS) is 12.8. The van der Waals surface area contributed by atoms with Gasteiger partial charge in [-0.05, 0) is 22.8 Å². The van der Waals surface area contributed by atoms with Gasteiger partial charge in [-0.25, -0.2) is 0 Å². The first-order valence-electron chi connectivity index (χ1n) is 9.01. The minimum absolute atomic E-state index is 0.320. The summed E-state index contributed by atoms with van der Waals surface area (Å²) in [5.74, 6) is 0. The van der Waals surface area contributed by atoms with Gasteiger partial charge in [0.05, 0.1) is 0 Å². The number of hydrogen-bond acceptors (Lipinski definition) is 2. The van der Waals surface area contributed by atoms with E-state index in [0.29, 0.717) is 0 Å². The Morgan fingerprint density at radius 1 is 0.917 bits per heavy atom. The Bertz CT molecular complexity index is 558. The lowest BCUT2D eigenvalue weighted by atomic mass is 10.2. The SMILES string of the molecule is CCCC[Si](OC(C=O)CCC)(c1ccccc1)c1ccccc1. The highest BCUT2D eigenvalue weighted by Gasteiger charge is 2.40. The van der Waals surface area contributed by atoms with Crippen LogP contribution in [0.1, 0.15) is 39.5 Å². The molecule has 128 valence electrons. The van der Waals surface area contributed by atoms with Gasteiger partial charge >= 0.3 is 0 Å². The van der Waals surface area contributed by atoms with Gasteiger partial charge in [0.2, 0.25) is 0 Å². The molecule has 0 saturated heterocycles. The van der Waals surface area contributed by atoms with Gasteiger partial charge < -0.3 is 9.22 Å². The molecule has 1 unspecified atom stereocenters. The summed E-state index contributed by atoms with van der Waals surface area (Å²) in [4.78, 5) is 11.6. The van der Waals surface area contributed by atoms with E-state index in [2.05, 4.69) is 62.4 Å². The van der Waals surface area contributed by atoms with Crippen molar-refractivity contribution in [2.45, 2.75) is 51.7 Å². The lowest BCUT2D eigenvalue weighted by Gasteiger charge is -2.35. The van der Waals surface area contributed by atoms with E-state index >= 15 is 0 Å². The van der Waals surface area contributed by atoms with Crippen molar-refractivity contribution in [3.05, 3.63) is 60.7 Å². The average Bonchev–Trinajstić information content (AvgIpc) is 2.66. The molecule has 0 aromatic heterocycles. The summed E-state index contributed by atoms with van der Waals surface area (Å²) in [6.45, 7) is 4.30. The summed E-state index contributed by atoms with van der Waals surface area (Å²) in [5.41, 5.74) is 0. The first-order chi connectivity index (χ1) is 11.8. The first-order valence-corrected chi connectivity index (χ1v) is 11.1. The third kappa shape index (κ3) is 4.43. The van der Waals surface area contributed by atoms with E-state index in [1.807, 2.05) is 12.1 Å². The summed E-state index contributed by atoms with van der Waals surface area (Å²) in [7, 11) is -2.42. The summed E-state index contributed by atoms with van der Waals surface area (Å²) in [5, 5.41) is 2.51. The van der Waals surface area contributed by atoms with E-state index in [0.717, 1.165) is 38.0 Å². The van der Waals surface area contributed by atoms with Crippen molar-refractivity contribution < 1.29 is 9.22 Å². The maximum absolute atomic E-state index is 11.6. The van der Waals surface area contributed by atoms with Gasteiger partial charge in [-0.2, -0.15) is 0 Å². The molecular formula is C21H28O2Si.